The maximum atomic E-state index is 12.3. The van der Waals surface area contributed by atoms with E-state index in [0.717, 1.165) is 19.5 Å². The maximum Gasteiger partial charge on any atom is 0.276 e. The molecule has 6 nitrogen and oxygen atoms in total. The predicted octanol–water partition coefficient (Wildman–Crippen LogP) is 1.82. The Hall–Kier alpha value is -2.21. The van der Waals surface area contributed by atoms with Gasteiger partial charge in [0.2, 0.25) is 5.91 Å². The first-order valence-corrected chi connectivity index (χ1v) is 7.06. The van der Waals surface area contributed by atoms with Crippen LogP contribution in [0.5, 0.6) is 0 Å². The minimum Gasteiger partial charge on any atom is -0.334 e. The van der Waals surface area contributed by atoms with E-state index in [1.54, 1.807) is 18.2 Å². The summed E-state index contributed by atoms with van der Waals surface area (Å²) in [4.78, 5) is 24.6. The van der Waals surface area contributed by atoms with E-state index in [9.17, 15) is 14.9 Å². The number of hydrogen-bond acceptors (Lipinski definition) is 4. The molecule has 1 aliphatic heterocycles. The number of nitro benzene ring substituents is 1. The van der Waals surface area contributed by atoms with E-state index in [0.29, 0.717) is 12.1 Å². The number of carbonyl (C=O) groups excluding carboxylic acids is 1. The average molecular weight is 289 g/mol. The second-order valence-electron chi connectivity index (χ2n) is 4.99. The largest absolute Gasteiger partial charge is 0.334 e. The van der Waals surface area contributed by atoms with E-state index < -0.39 is 4.92 Å². The zero-order chi connectivity index (χ0) is 15.2. The number of carbonyl (C=O) groups is 1. The lowest BCUT2D eigenvalue weighted by atomic mass is 10.1. The Morgan fingerprint density at radius 3 is 2.76 bits per heavy atom. The zero-order valence-corrected chi connectivity index (χ0v) is 12.0. The molecule has 0 spiro atoms. The molecule has 21 heavy (non-hydrogen) atoms. The van der Waals surface area contributed by atoms with Crippen molar-refractivity contribution in [3.05, 3.63) is 46.0 Å². The molecule has 0 aliphatic carbocycles. The van der Waals surface area contributed by atoms with Crippen LogP contribution in [0.4, 0.5) is 5.69 Å². The molecule has 1 saturated heterocycles. The van der Waals surface area contributed by atoms with Crippen LogP contribution in [0.25, 0.3) is 6.08 Å². The fourth-order valence-corrected chi connectivity index (χ4v) is 2.26. The average Bonchev–Trinajstić information content (AvgIpc) is 2.42. The first kappa shape index (κ1) is 15.2. The summed E-state index contributed by atoms with van der Waals surface area (Å²) in [5, 5.41) is 14.1. The van der Waals surface area contributed by atoms with Crippen LogP contribution < -0.4 is 5.32 Å². The van der Waals surface area contributed by atoms with Crippen LogP contribution in [-0.4, -0.2) is 41.4 Å². The molecule has 1 fully saturated rings. The molecule has 2 rings (SSSR count). The van der Waals surface area contributed by atoms with E-state index >= 15 is 0 Å². The van der Waals surface area contributed by atoms with Gasteiger partial charge >= 0.3 is 0 Å². The molecule has 112 valence electrons. The van der Waals surface area contributed by atoms with Gasteiger partial charge in [-0.25, -0.2) is 0 Å². The van der Waals surface area contributed by atoms with E-state index in [4.69, 9.17) is 0 Å². The highest BCUT2D eigenvalue weighted by Crippen LogP contribution is 2.19. The summed E-state index contributed by atoms with van der Waals surface area (Å²) in [7, 11) is 0. The van der Waals surface area contributed by atoms with Crippen LogP contribution in [0.15, 0.2) is 30.3 Å². The smallest absolute Gasteiger partial charge is 0.276 e. The third kappa shape index (κ3) is 3.66. The Labute approximate surface area is 123 Å². The number of nitrogens with one attached hydrogen (secondary N) is 1. The highest BCUT2D eigenvalue weighted by atomic mass is 16.6. The molecule has 0 atom stereocenters. The predicted molar refractivity (Wildman–Crippen MR) is 80.8 cm³/mol. The molecule has 1 heterocycles. The lowest BCUT2D eigenvalue weighted by Gasteiger charge is -2.37. The van der Waals surface area contributed by atoms with Gasteiger partial charge in [0.15, 0.2) is 0 Å². The van der Waals surface area contributed by atoms with Gasteiger partial charge in [-0.2, -0.15) is 0 Å². The SMILES string of the molecule is CCCN(C(=O)C=Cc1ccccc1[N+](=O)[O-])C1CNC1. The van der Waals surface area contributed by atoms with Gasteiger partial charge in [-0.15, -0.1) is 0 Å². The second kappa shape index (κ2) is 6.99. The van der Waals surface area contributed by atoms with Crippen molar-refractivity contribution < 1.29 is 9.72 Å². The van der Waals surface area contributed by atoms with E-state index in [1.165, 1.54) is 18.2 Å². The van der Waals surface area contributed by atoms with E-state index in [-0.39, 0.29) is 17.6 Å². The van der Waals surface area contributed by atoms with Crippen molar-refractivity contribution in [2.24, 2.45) is 0 Å². The summed E-state index contributed by atoms with van der Waals surface area (Å²) in [6.07, 6.45) is 3.84. The summed E-state index contributed by atoms with van der Waals surface area (Å²) in [5.74, 6) is -0.0958. The number of hydrogen-bond donors (Lipinski definition) is 1. The van der Waals surface area contributed by atoms with Gasteiger partial charge < -0.3 is 10.2 Å². The van der Waals surface area contributed by atoms with Crippen LogP contribution >= 0.6 is 0 Å². The number of para-hydroxylation sites is 1. The maximum absolute atomic E-state index is 12.3. The number of nitrogens with zero attached hydrogens (tertiary/aromatic N) is 2. The molecule has 1 aromatic carbocycles. The highest BCUT2D eigenvalue weighted by molar-refractivity contribution is 5.92. The molecule has 0 radical (unpaired) electrons. The molecule has 1 amide bonds. The Bertz CT molecular complexity index is 553. The molecule has 0 aromatic heterocycles. The molecule has 1 N–H and O–H groups in total. The van der Waals surface area contributed by atoms with Gasteiger partial charge in [-0.3, -0.25) is 14.9 Å². The molecule has 0 unspecified atom stereocenters. The minimum atomic E-state index is -0.441. The minimum absolute atomic E-state index is 0.00824. The molecular formula is C15H19N3O3. The van der Waals surface area contributed by atoms with Gasteiger partial charge in [-0.1, -0.05) is 19.1 Å². The van der Waals surface area contributed by atoms with Gasteiger partial charge in [0.05, 0.1) is 16.5 Å². The quantitative estimate of drug-likeness (QED) is 0.492. The summed E-state index contributed by atoms with van der Waals surface area (Å²) < 4.78 is 0. The van der Waals surface area contributed by atoms with Crippen molar-refractivity contribution in [1.29, 1.82) is 0 Å². The Morgan fingerprint density at radius 2 is 2.19 bits per heavy atom. The van der Waals surface area contributed by atoms with Crippen molar-refractivity contribution in [3.63, 3.8) is 0 Å². The van der Waals surface area contributed by atoms with E-state index in [2.05, 4.69) is 5.32 Å². The van der Waals surface area contributed by atoms with Crippen LogP contribution in [0.3, 0.4) is 0 Å². The van der Waals surface area contributed by atoms with Crippen molar-refractivity contribution in [3.8, 4) is 0 Å². The molecule has 1 aromatic rings. The first-order valence-electron chi connectivity index (χ1n) is 7.06. The molecule has 6 heteroatoms. The first-order chi connectivity index (χ1) is 10.1. The third-order valence-corrected chi connectivity index (χ3v) is 3.49. The fraction of sp³-hybridized carbons (Fsp3) is 0.400. The monoisotopic (exact) mass is 289 g/mol. The van der Waals surface area contributed by atoms with Crippen molar-refractivity contribution in [2.45, 2.75) is 19.4 Å². The number of benzene rings is 1. The number of amides is 1. The topological polar surface area (TPSA) is 75.5 Å². The van der Waals surface area contributed by atoms with Crippen molar-refractivity contribution >= 4 is 17.7 Å². The van der Waals surface area contributed by atoms with Gasteiger partial charge in [0.1, 0.15) is 0 Å². The van der Waals surface area contributed by atoms with Gasteiger partial charge in [-0.05, 0) is 18.6 Å². The molecule has 0 saturated carbocycles. The van der Waals surface area contributed by atoms with Crippen LogP contribution in [0.2, 0.25) is 0 Å². The Balaban J connectivity index is 2.12. The fourth-order valence-electron chi connectivity index (χ4n) is 2.26. The van der Waals surface area contributed by atoms with Gasteiger partial charge in [0, 0.05) is 31.8 Å². The van der Waals surface area contributed by atoms with Crippen molar-refractivity contribution in [1.82, 2.24) is 10.2 Å². The summed E-state index contributed by atoms with van der Waals surface area (Å²) in [6.45, 7) is 4.35. The molecule has 0 bridgehead atoms. The summed E-state index contributed by atoms with van der Waals surface area (Å²) in [6, 6.07) is 6.63. The highest BCUT2D eigenvalue weighted by Gasteiger charge is 2.26. The molecule has 1 aliphatic rings. The Morgan fingerprint density at radius 1 is 1.48 bits per heavy atom. The standard InChI is InChI=1S/C15H19N3O3/c1-2-9-17(13-10-16-11-13)15(19)8-7-12-5-3-4-6-14(12)18(20)21/h3-8,13,16H,2,9-11H2,1H3. The van der Waals surface area contributed by atoms with Crippen LogP contribution in [0.1, 0.15) is 18.9 Å². The summed E-state index contributed by atoms with van der Waals surface area (Å²) >= 11 is 0. The number of rotatable bonds is 6. The van der Waals surface area contributed by atoms with Crippen LogP contribution in [-0.2, 0) is 4.79 Å². The van der Waals surface area contributed by atoms with Crippen LogP contribution in [0, 0.1) is 10.1 Å². The normalized spacial score (nSPS) is 14.9. The second-order valence-corrected chi connectivity index (χ2v) is 4.99. The zero-order valence-electron chi connectivity index (χ0n) is 12.0. The number of nitro groups is 1. The lowest BCUT2D eigenvalue weighted by Crippen LogP contribution is -2.58. The lowest BCUT2D eigenvalue weighted by molar-refractivity contribution is -0.385. The van der Waals surface area contributed by atoms with Crippen molar-refractivity contribution in [2.75, 3.05) is 19.6 Å². The third-order valence-electron chi connectivity index (χ3n) is 3.49. The molecular weight excluding hydrogens is 270 g/mol. The van der Waals surface area contributed by atoms with Gasteiger partial charge in [0.25, 0.3) is 5.69 Å². The summed E-state index contributed by atoms with van der Waals surface area (Å²) in [5.41, 5.74) is 0.452. The Kier molecular flexibility index (Phi) is 5.05. The van der Waals surface area contributed by atoms with E-state index in [1.807, 2.05) is 11.8 Å².